The number of unbranched alkanes of at least 4 members (excludes halogenated alkanes) is 12. The van der Waals surface area contributed by atoms with E-state index in [0.717, 1.165) is 12.8 Å². The van der Waals surface area contributed by atoms with Crippen molar-refractivity contribution in [1.82, 2.24) is 0 Å². The quantitative estimate of drug-likeness (QED) is 0.200. The van der Waals surface area contributed by atoms with E-state index in [1.165, 1.54) is 77.0 Å². The van der Waals surface area contributed by atoms with Crippen LogP contribution in [-0.4, -0.2) is 16.9 Å². The van der Waals surface area contributed by atoms with E-state index in [9.17, 15) is 4.91 Å². The summed E-state index contributed by atoms with van der Waals surface area (Å²) in [6.07, 6.45) is 22.2. The molecular weight excluding hydrogens is 278 g/mol. The third-order valence-electron chi connectivity index (χ3n) is 3.86. The van der Waals surface area contributed by atoms with Gasteiger partial charge in [0.2, 0.25) is 0 Å². The second-order valence-electron chi connectivity index (χ2n) is 6.01. The molecule has 22 heavy (non-hydrogen) atoms. The average molecular weight is 314 g/mol. The lowest BCUT2D eigenvalue weighted by Gasteiger charge is -1.99. The minimum Gasteiger partial charge on any atom is -0.200 e. The van der Waals surface area contributed by atoms with E-state index >= 15 is 0 Å². The Hall–Kier alpha value is -1.06. The van der Waals surface area contributed by atoms with E-state index in [1.54, 1.807) is 0 Å². The van der Waals surface area contributed by atoms with E-state index in [-0.39, 0.29) is 0 Å². The molecule has 0 amide bonds. The van der Waals surface area contributed by atoms with Crippen LogP contribution in [0.3, 0.4) is 0 Å². The topological polar surface area (TPSA) is 49.5 Å². The van der Waals surface area contributed by atoms with Gasteiger partial charge in [-0.15, -0.1) is 0 Å². The van der Waals surface area contributed by atoms with Crippen molar-refractivity contribution in [3.05, 3.63) is 17.1 Å². The molecule has 0 radical (unpaired) electrons. The van der Waals surface area contributed by atoms with Gasteiger partial charge in [-0.25, -0.2) is 5.21 Å². The summed E-state index contributed by atoms with van der Waals surface area (Å²) < 4.78 is 0. The largest absolute Gasteiger partial charge is 0.475 e. The minimum absolute atomic E-state index is 0.307. The van der Waals surface area contributed by atoms with Crippen molar-refractivity contribution >= 4 is 0 Å². The molecule has 0 bridgehead atoms. The highest BCUT2D eigenvalue weighted by Crippen LogP contribution is 2.09. The molecule has 4 heteroatoms. The van der Waals surface area contributed by atoms with Gasteiger partial charge < -0.3 is 0 Å². The summed E-state index contributed by atoms with van der Waals surface area (Å²) in [5, 5.41) is 7.77. The van der Waals surface area contributed by atoms with Gasteiger partial charge in [-0.1, -0.05) is 70.4 Å². The maximum Gasteiger partial charge on any atom is 0.475 e. The van der Waals surface area contributed by atoms with Crippen LogP contribution in [0.25, 0.3) is 0 Å². The fourth-order valence-electron chi connectivity index (χ4n) is 2.49. The van der Waals surface area contributed by atoms with Crippen LogP contribution in [0.1, 0.15) is 96.8 Å². The third kappa shape index (κ3) is 18.9. The molecule has 0 aromatic heterocycles. The van der Waals surface area contributed by atoms with Crippen molar-refractivity contribution in [2.75, 3.05) is 6.61 Å². The van der Waals surface area contributed by atoms with E-state index < -0.39 is 5.09 Å². The van der Waals surface area contributed by atoms with Crippen LogP contribution in [-0.2, 0) is 4.84 Å². The predicted molar refractivity (Wildman–Crippen MR) is 90.8 cm³/mol. The van der Waals surface area contributed by atoms with Gasteiger partial charge in [0, 0.05) is 0 Å². The zero-order valence-corrected chi connectivity index (χ0v) is 14.5. The second-order valence-corrected chi connectivity index (χ2v) is 6.01. The van der Waals surface area contributed by atoms with Gasteiger partial charge in [0.25, 0.3) is 0 Å². The Balaban J connectivity index is 3.06. The first kappa shape index (κ1) is 20.9. The predicted octanol–water partition coefficient (Wildman–Crippen LogP) is 6.12. The van der Waals surface area contributed by atoms with Gasteiger partial charge in [0.15, 0.2) is 6.61 Å². The van der Waals surface area contributed by atoms with Crippen molar-refractivity contribution < 1.29 is 15.1 Å². The molecule has 0 saturated carbocycles. The van der Waals surface area contributed by atoms with Crippen molar-refractivity contribution in [3.63, 3.8) is 0 Å². The average Bonchev–Trinajstić information content (AvgIpc) is 2.50. The molecule has 0 aromatic carbocycles. The molecule has 0 saturated heterocycles. The van der Waals surface area contributed by atoms with Crippen LogP contribution in [0.5, 0.6) is 0 Å². The molecule has 0 aliphatic carbocycles. The van der Waals surface area contributed by atoms with Crippen LogP contribution < -0.4 is 0 Å². The Morgan fingerprint density at radius 1 is 0.773 bits per heavy atom. The fraction of sp³-hybridized carbons (Fsp3) is 0.889. The van der Waals surface area contributed by atoms with Crippen molar-refractivity contribution in [2.24, 2.45) is 0 Å². The first-order chi connectivity index (χ1) is 10.8. The summed E-state index contributed by atoms with van der Waals surface area (Å²) in [6.45, 7) is 2.57. The van der Waals surface area contributed by atoms with Gasteiger partial charge in [0.05, 0.1) is 0 Å². The Bertz CT molecular complexity index is 267. The molecule has 0 atom stereocenters. The highest BCUT2D eigenvalue weighted by Gasteiger charge is 2.02. The van der Waals surface area contributed by atoms with Crippen LogP contribution in [0.2, 0.25) is 0 Å². The van der Waals surface area contributed by atoms with E-state index in [0.29, 0.717) is 6.61 Å². The lowest BCUT2D eigenvalue weighted by Crippen LogP contribution is -2.04. The molecular formula is C18H36NO3+. The fourth-order valence-corrected chi connectivity index (χ4v) is 2.49. The van der Waals surface area contributed by atoms with Crippen molar-refractivity contribution in [3.8, 4) is 0 Å². The lowest BCUT2D eigenvalue weighted by molar-refractivity contribution is -0.975. The first-order valence-corrected chi connectivity index (χ1v) is 9.21. The molecule has 0 aliphatic heterocycles. The Morgan fingerprint density at radius 2 is 1.23 bits per heavy atom. The molecule has 0 aromatic rings. The molecule has 1 N–H and O–H groups in total. The van der Waals surface area contributed by atoms with E-state index in [2.05, 4.69) is 23.9 Å². The van der Waals surface area contributed by atoms with Gasteiger partial charge in [-0.05, 0) is 38.5 Å². The standard InChI is InChI=1S/C18H36NO3/c1-2-3-4-5-6-7-8-9-10-11-12-13-14-15-16-17-18-22-19(20)21/h9-10H,2-8,11-18H2,1H3,(H,20,21)/q+1. The van der Waals surface area contributed by atoms with E-state index in [4.69, 9.17) is 5.21 Å². The number of allylic oxidation sites excluding steroid dienone is 2. The van der Waals surface area contributed by atoms with Gasteiger partial charge in [-0.3, -0.25) is 0 Å². The van der Waals surface area contributed by atoms with Gasteiger partial charge in [-0.2, -0.15) is 4.84 Å². The molecule has 0 unspecified atom stereocenters. The summed E-state index contributed by atoms with van der Waals surface area (Å²) in [6, 6.07) is 0. The van der Waals surface area contributed by atoms with Gasteiger partial charge >= 0.3 is 5.09 Å². The van der Waals surface area contributed by atoms with Gasteiger partial charge in [0.1, 0.15) is 4.91 Å². The molecule has 0 fully saturated rings. The minimum atomic E-state index is -0.461. The monoisotopic (exact) mass is 314 g/mol. The number of hydrogen-bond donors (Lipinski definition) is 1. The zero-order chi connectivity index (χ0) is 16.3. The normalized spacial score (nSPS) is 11.1. The van der Waals surface area contributed by atoms with E-state index in [1.807, 2.05) is 0 Å². The lowest BCUT2D eigenvalue weighted by atomic mass is 10.1. The highest BCUT2D eigenvalue weighted by atomic mass is 16.9. The van der Waals surface area contributed by atoms with Crippen LogP contribution in [0.4, 0.5) is 0 Å². The van der Waals surface area contributed by atoms with Crippen LogP contribution in [0.15, 0.2) is 12.2 Å². The molecule has 0 heterocycles. The number of rotatable bonds is 17. The molecule has 4 nitrogen and oxygen atoms in total. The Labute approximate surface area is 136 Å². The zero-order valence-electron chi connectivity index (χ0n) is 14.5. The highest BCUT2D eigenvalue weighted by molar-refractivity contribution is 4.81. The molecule has 130 valence electrons. The van der Waals surface area contributed by atoms with Crippen LogP contribution in [0, 0.1) is 4.91 Å². The number of hydrogen-bond acceptors (Lipinski definition) is 2. The number of nitrogens with zero attached hydrogens (tertiary/aromatic N) is 1. The smallest absolute Gasteiger partial charge is 0.200 e. The van der Waals surface area contributed by atoms with Crippen molar-refractivity contribution in [1.29, 1.82) is 0 Å². The molecule has 0 spiro atoms. The van der Waals surface area contributed by atoms with Crippen LogP contribution >= 0.6 is 0 Å². The summed E-state index contributed by atoms with van der Waals surface area (Å²) >= 11 is 0. The first-order valence-electron chi connectivity index (χ1n) is 9.21. The SMILES string of the molecule is CCCCCCCCC=CCCCCCCCCO[N+](=O)O. The molecule has 0 rings (SSSR count). The maximum atomic E-state index is 10.0. The van der Waals surface area contributed by atoms with Crippen molar-refractivity contribution in [2.45, 2.75) is 96.8 Å². The maximum absolute atomic E-state index is 10.0. The summed E-state index contributed by atoms with van der Waals surface area (Å²) in [5.74, 6) is 0. The Kier molecular flexibility index (Phi) is 17.1. The summed E-state index contributed by atoms with van der Waals surface area (Å²) in [4.78, 5) is 14.4. The second kappa shape index (κ2) is 18.0. The Morgan fingerprint density at radius 3 is 1.73 bits per heavy atom. The molecule has 0 aliphatic rings. The summed E-state index contributed by atoms with van der Waals surface area (Å²) in [5.41, 5.74) is 0. The summed E-state index contributed by atoms with van der Waals surface area (Å²) in [7, 11) is 0. The third-order valence-corrected chi connectivity index (χ3v) is 3.86.